The molecule has 2 N–H and O–H groups in total. The molecule has 0 radical (unpaired) electrons. The molecule has 0 saturated carbocycles. The first-order valence-electron chi connectivity index (χ1n) is 6.73. The van der Waals surface area contributed by atoms with Crippen molar-refractivity contribution in [1.29, 1.82) is 0 Å². The number of aromatic hydroxyl groups is 1. The fourth-order valence-electron chi connectivity index (χ4n) is 1.64. The SMILES string of the molecule is CC(O)COC(C)COCCCc1ccc(O)cc1. The van der Waals surface area contributed by atoms with Gasteiger partial charge in [-0.1, -0.05) is 12.1 Å². The van der Waals surface area contributed by atoms with Crippen molar-refractivity contribution in [1.82, 2.24) is 0 Å². The maximum absolute atomic E-state index is 9.16. The summed E-state index contributed by atoms with van der Waals surface area (Å²) < 4.78 is 10.9. The van der Waals surface area contributed by atoms with Crippen LogP contribution in [0.4, 0.5) is 0 Å². The molecule has 1 rings (SSSR count). The Bertz CT molecular complexity index is 335. The minimum Gasteiger partial charge on any atom is -0.508 e. The summed E-state index contributed by atoms with van der Waals surface area (Å²) in [4.78, 5) is 0. The number of phenols is 1. The van der Waals surface area contributed by atoms with E-state index in [1.54, 1.807) is 19.1 Å². The molecule has 0 spiro atoms. The lowest BCUT2D eigenvalue weighted by atomic mass is 10.1. The van der Waals surface area contributed by atoms with Gasteiger partial charge < -0.3 is 19.7 Å². The number of hydrogen-bond donors (Lipinski definition) is 2. The van der Waals surface area contributed by atoms with Crippen molar-refractivity contribution in [2.75, 3.05) is 19.8 Å². The number of aliphatic hydroxyl groups is 1. The molecule has 108 valence electrons. The van der Waals surface area contributed by atoms with E-state index in [4.69, 9.17) is 19.7 Å². The van der Waals surface area contributed by atoms with Gasteiger partial charge in [-0.3, -0.25) is 0 Å². The maximum atomic E-state index is 9.16. The van der Waals surface area contributed by atoms with E-state index in [1.807, 2.05) is 19.1 Å². The molecule has 0 saturated heterocycles. The summed E-state index contributed by atoms with van der Waals surface area (Å²) in [5.41, 5.74) is 1.19. The van der Waals surface area contributed by atoms with Crippen LogP contribution in [0.2, 0.25) is 0 Å². The quantitative estimate of drug-likeness (QED) is 0.674. The second-order valence-corrected chi connectivity index (χ2v) is 4.84. The predicted octanol–water partition coefficient (Wildman–Crippen LogP) is 2.13. The molecule has 0 amide bonds. The van der Waals surface area contributed by atoms with Gasteiger partial charge in [0.1, 0.15) is 5.75 Å². The van der Waals surface area contributed by atoms with Gasteiger partial charge in [-0.25, -0.2) is 0 Å². The smallest absolute Gasteiger partial charge is 0.115 e. The first-order chi connectivity index (χ1) is 9.08. The Morgan fingerprint density at radius 1 is 1.11 bits per heavy atom. The molecular formula is C15H24O4. The highest BCUT2D eigenvalue weighted by Crippen LogP contribution is 2.11. The fraction of sp³-hybridized carbons (Fsp3) is 0.600. The van der Waals surface area contributed by atoms with Crippen LogP contribution >= 0.6 is 0 Å². The van der Waals surface area contributed by atoms with Gasteiger partial charge in [0.15, 0.2) is 0 Å². The molecule has 0 heterocycles. The van der Waals surface area contributed by atoms with E-state index < -0.39 is 6.10 Å². The summed E-state index contributed by atoms with van der Waals surface area (Å²) in [5.74, 6) is 0.295. The maximum Gasteiger partial charge on any atom is 0.115 e. The molecule has 0 aliphatic carbocycles. The van der Waals surface area contributed by atoms with E-state index in [-0.39, 0.29) is 6.10 Å². The van der Waals surface area contributed by atoms with Crippen molar-refractivity contribution in [3.8, 4) is 5.75 Å². The summed E-state index contributed by atoms with van der Waals surface area (Å²) in [5, 5.41) is 18.2. The van der Waals surface area contributed by atoms with Crippen LogP contribution in [0.15, 0.2) is 24.3 Å². The molecular weight excluding hydrogens is 244 g/mol. The van der Waals surface area contributed by atoms with Crippen LogP contribution in [-0.2, 0) is 15.9 Å². The molecule has 0 fully saturated rings. The molecule has 0 aliphatic rings. The molecule has 1 aromatic rings. The summed E-state index contributed by atoms with van der Waals surface area (Å²) >= 11 is 0. The average Bonchev–Trinajstić information content (AvgIpc) is 2.38. The Morgan fingerprint density at radius 3 is 2.42 bits per heavy atom. The van der Waals surface area contributed by atoms with E-state index in [2.05, 4.69) is 0 Å². The molecule has 0 aliphatic heterocycles. The zero-order valence-corrected chi connectivity index (χ0v) is 11.7. The van der Waals surface area contributed by atoms with Crippen LogP contribution in [0.25, 0.3) is 0 Å². The summed E-state index contributed by atoms with van der Waals surface area (Å²) in [7, 11) is 0. The Balaban J connectivity index is 2.03. The Morgan fingerprint density at radius 2 is 1.79 bits per heavy atom. The van der Waals surface area contributed by atoms with Crippen molar-refractivity contribution < 1.29 is 19.7 Å². The van der Waals surface area contributed by atoms with E-state index in [0.29, 0.717) is 25.6 Å². The number of phenolic OH excluding ortho intramolecular Hbond substituents is 1. The van der Waals surface area contributed by atoms with Crippen LogP contribution in [0.1, 0.15) is 25.8 Å². The molecule has 0 aromatic heterocycles. The Hall–Kier alpha value is -1.10. The molecule has 19 heavy (non-hydrogen) atoms. The van der Waals surface area contributed by atoms with Gasteiger partial charge in [0.2, 0.25) is 0 Å². The lowest BCUT2D eigenvalue weighted by Crippen LogP contribution is -2.21. The third-order valence-electron chi connectivity index (χ3n) is 2.66. The van der Waals surface area contributed by atoms with Gasteiger partial charge >= 0.3 is 0 Å². The van der Waals surface area contributed by atoms with E-state index in [0.717, 1.165) is 12.8 Å². The van der Waals surface area contributed by atoms with Crippen molar-refractivity contribution in [3.05, 3.63) is 29.8 Å². The largest absolute Gasteiger partial charge is 0.508 e. The van der Waals surface area contributed by atoms with Crippen molar-refractivity contribution >= 4 is 0 Å². The first kappa shape index (κ1) is 16.0. The number of ether oxygens (including phenoxy) is 2. The molecule has 4 heteroatoms. The number of benzene rings is 1. The van der Waals surface area contributed by atoms with Gasteiger partial charge in [-0.15, -0.1) is 0 Å². The molecule has 1 aromatic carbocycles. The number of aliphatic hydroxyl groups excluding tert-OH is 1. The lowest BCUT2D eigenvalue weighted by molar-refractivity contribution is -0.0366. The third kappa shape index (κ3) is 7.82. The standard InChI is InChI=1S/C15H24O4/c1-12(16)10-19-13(2)11-18-9-3-4-14-5-7-15(17)8-6-14/h5-8,12-13,16-17H,3-4,9-11H2,1-2H3. The second kappa shape index (κ2) is 8.91. The van der Waals surface area contributed by atoms with E-state index >= 15 is 0 Å². The average molecular weight is 268 g/mol. The van der Waals surface area contributed by atoms with Crippen molar-refractivity contribution in [3.63, 3.8) is 0 Å². The number of aryl methyl sites for hydroxylation is 1. The van der Waals surface area contributed by atoms with Crippen LogP contribution in [0.3, 0.4) is 0 Å². The molecule has 0 bridgehead atoms. The number of rotatable bonds is 9. The Kier molecular flexibility index (Phi) is 7.48. The fourth-order valence-corrected chi connectivity index (χ4v) is 1.64. The third-order valence-corrected chi connectivity index (χ3v) is 2.66. The van der Waals surface area contributed by atoms with E-state index in [9.17, 15) is 0 Å². The molecule has 2 atom stereocenters. The monoisotopic (exact) mass is 268 g/mol. The summed E-state index contributed by atoms with van der Waals surface area (Å²) in [6.07, 6.45) is 1.44. The van der Waals surface area contributed by atoms with E-state index in [1.165, 1.54) is 5.56 Å². The number of hydrogen-bond acceptors (Lipinski definition) is 4. The summed E-state index contributed by atoms with van der Waals surface area (Å²) in [6, 6.07) is 7.23. The molecule has 4 nitrogen and oxygen atoms in total. The highest BCUT2D eigenvalue weighted by atomic mass is 16.5. The zero-order valence-electron chi connectivity index (χ0n) is 11.7. The second-order valence-electron chi connectivity index (χ2n) is 4.84. The van der Waals surface area contributed by atoms with Gasteiger partial charge in [0.05, 0.1) is 25.4 Å². The van der Waals surface area contributed by atoms with Gasteiger partial charge in [-0.05, 0) is 44.4 Å². The highest BCUT2D eigenvalue weighted by molar-refractivity contribution is 5.25. The Labute approximate surface area is 115 Å². The first-order valence-corrected chi connectivity index (χ1v) is 6.73. The lowest BCUT2D eigenvalue weighted by Gasteiger charge is -2.14. The van der Waals surface area contributed by atoms with Crippen LogP contribution in [0, 0.1) is 0 Å². The van der Waals surface area contributed by atoms with Crippen LogP contribution in [0.5, 0.6) is 5.75 Å². The van der Waals surface area contributed by atoms with Crippen LogP contribution in [-0.4, -0.2) is 42.2 Å². The zero-order chi connectivity index (χ0) is 14.1. The minimum atomic E-state index is -0.433. The van der Waals surface area contributed by atoms with Crippen molar-refractivity contribution in [2.45, 2.75) is 38.9 Å². The topological polar surface area (TPSA) is 58.9 Å². The van der Waals surface area contributed by atoms with Gasteiger partial charge in [0, 0.05) is 6.61 Å². The molecule has 2 unspecified atom stereocenters. The highest BCUT2D eigenvalue weighted by Gasteiger charge is 2.04. The van der Waals surface area contributed by atoms with Crippen LogP contribution < -0.4 is 0 Å². The normalized spacial score (nSPS) is 14.3. The summed E-state index contributed by atoms with van der Waals surface area (Å²) in [6.45, 7) is 5.21. The van der Waals surface area contributed by atoms with Gasteiger partial charge in [0.25, 0.3) is 0 Å². The van der Waals surface area contributed by atoms with Gasteiger partial charge in [-0.2, -0.15) is 0 Å². The van der Waals surface area contributed by atoms with Crippen molar-refractivity contribution in [2.24, 2.45) is 0 Å². The minimum absolute atomic E-state index is 0.00303. The predicted molar refractivity (Wildman–Crippen MR) is 74.3 cm³/mol.